The maximum absolute atomic E-state index is 9.88. The molecular weight excluding hydrogens is 234 g/mol. The van der Waals surface area contributed by atoms with Crippen LogP contribution in [0.1, 0.15) is 26.7 Å². The van der Waals surface area contributed by atoms with Crippen molar-refractivity contribution in [1.82, 2.24) is 4.90 Å². The minimum absolute atomic E-state index is 0.171. The first-order chi connectivity index (χ1) is 8.60. The summed E-state index contributed by atoms with van der Waals surface area (Å²) in [4.78, 5) is 2.25. The lowest BCUT2D eigenvalue weighted by atomic mass is 10.0. The molecule has 0 aliphatic carbocycles. The number of piperidine rings is 1. The van der Waals surface area contributed by atoms with Crippen molar-refractivity contribution in [2.75, 3.05) is 39.5 Å². The minimum Gasteiger partial charge on any atom is -0.389 e. The first-order valence-electron chi connectivity index (χ1n) is 6.90. The summed E-state index contributed by atoms with van der Waals surface area (Å²) in [5.41, 5.74) is 0. The normalized spacial score (nSPS) is 26.0. The lowest BCUT2D eigenvalue weighted by Crippen LogP contribution is -2.47. The number of hydrogen-bond donors (Lipinski definition) is 1. The molecule has 2 aliphatic rings. The summed E-state index contributed by atoms with van der Waals surface area (Å²) in [6.07, 6.45) is 1.55. The summed E-state index contributed by atoms with van der Waals surface area (Å²) in [7, 11) is 0. The molecule has 0 aromatic heterocycles. The second-order valence-electron chi connectivity index (χ2n) is 5.44. The molecule has 18 heavy (non-hydrogen) atoms. The summed E-state index contributed by atoms with van der Waals surface area (Å²) in [6, 6.07) is 0. The fourth-order valence-corrected chi connectivity index (χ4v) is 2.52. The quantitative estimate of drug-likeness (QED) is 0.784. The van der Waals surface area contributed by atoms with Crippen molar-refractivity contribution in [1.29, 1.82) is 0 Å². The maximum Gasteiger partial charge on any atom is 0.170 e. The van der Waals surface area contributed by atoms with Gasteiger partial charge in [-0.2, -0.15) is 0 Å². The zero-order valence-electron chi connectivity index (χ0n) is 11.4. The molecule has 0 aromatic carbocycles. The Kier molecular flexibility index (Phi) is 4.98. The van der Waals surface area contributed by atoms with Crippen LogP contribution < -0.4 is 0 Å². The van der Waals surface area contributed by atoms with Gasteiger partial charge in [-0.3, -0.25) is 0 Å². The van der Waals surface area contributed by atoms with Gasteiger partial charge >= 0.3 is 0 Å². The fourth-order valence-electron chi connectivity index (χ4n) is 2.52. The van der Waals surface area contributed by atoms with E-state index in [2.05, 4.69) is 4.90 Å². The van der Waals surface area contributed by atoms with E-state index >= 15 is 0 Å². The molecule has 0 amide bonds. The second-order valence-corrected chi connectivity index (χ2v) is 5.44. The van der Waals surface area contributed by atoms with Crippen LogP contribution >= 0.6 is 0 Å². The van der Waals surface area contributed by atoms with E-state index in [9.17, 15) is 5.11 Å². The van der Waals surface area contributed by atoms with Gasteiger partial charge in [-0.15, -0.1) is 0 Å². The molecule has 0 radical (unpaired) electrons. The highest BCUT2D eigenvalue weighted by molar-refractivity contribution is 4.83. The predicted molar refractivity (Wildman–Crippen MR) is 67.4 cm³/mol. The third-order valence-electron chi connectivity index (χ3n) is 3.52. The van der Waals surface area contributed by atoms with E-state index in [0.717, 1.165) is 25.9 Å². The van der Waals surface area contributed by atoms with Crippen molar-refractivity contribution in [3.8, 4) is 0 Å². The average molecular weight is 259 g/mol. The zero-order valence-corrected chi connectivity index (χ0v) is 11.4. The number of nitrogens with zero attached hydrogens (tertiary/aromatic N) is 1. The molecule has 5 nitrogen and oxygen atoms in total. The Morgan fingerprint density at radius 1 is 1.22 bits per heavy atom. The predicted octanol–water partition coefficient (Wildman–Crippen LogP) is 0.611. The molecule has 2 aliphatic heterocycles. The van der Waals surface area contributed by atoms with Crippen LogP contribution in [-0.4, -0.2) is 67.5 Å². The van der Waals surface area contributed by atoms with Gasteiger partial charge in [-0.05, 0) is 13.8 Å². The van der Waals surface area contributed by atoms with Crippen molar-refractivity contribution < 1.29 is 19.3 Å². The van der Waals surface area contributed by atoms with Gasteiger partial charge in [0.25, 0.3) is 0 Å². The molecule has 0 aromatic rings. The summed E-state index contributed by atoms with van der Waals surface area (Å²) < 4.78 is 16.8. The molecule has 0 bridgehead atoms. The average Bonchev–Trinajstić information content (AvgIpc) is 2.79. The number of likely N-dealkylation sites (tertiary alicyclic amines) is 1. The van der Waals surface area contributed by atoms with E-state index in [1.54, 1.807) is 0 Å². The third kappa shape index (κ3) is 3.90. The van der Waals surface area contributed by atoms with E-state index in [0.29, 0.717) is 26.4 Å². The molecule has 2 saturated heterocycles. The molecule has 1 atom stereocenters. The van der Waals surface area contributed by atoms with Crippen molar-refractivity contribution in [2.24, 2.45) is 0 Å². The standard InChI is InChI=1S/C13H25NO4/c1-11(2)16-10-12(15)9-14-5-3-13(4-6-14)17-7-8-18-13/h11-12,15H,3-10H2,1-2H3. The first-order valence-corrected chi connectivity index (χ1v) is 6.90. The molecule has 106 valence electrons. The number of hydrogen-bond acceptors (Lipinski definition) is 5. The molecule has 1 N–H and O–H groups in total. The Bertz CT molecular complexity index is 243. The molecule has 1 unspecified atom stereocenters. The topological polar surface area (TPSA) is 51.2 Å². The summed E-state index contributed by atoms with van der Waals surface area (Å²) >= 11 is 0. The molecule has 0 saturated carbocycles. The highest BCUT2D eigenvalue weighted by Gasteiger charge is 2.39. The molecule has 2 rings (SSSR count). The molecule has 1 spiro atoms. The van der Waals surface area contributed by atoms with Crippen LogP contribution in [0, 0.1) is 0 Å². The third-order valence-corrected chi connectivity index (χ3v) is 3.52. The van der Waals surface area contributed by atoms with Gasteiger partial charge in [-0.25, -0.2) is 0 Å². The number of rotatable bonds is 5. The summed E-state index contributed by atoms with van der Waals surface area (Å²) in [5.74, 6) is -0.324. The second kappa shape index (κ2) is 6.30. The Labute approximate surface area is 109 Å². The zero-order chi connectivity index (χ0) is 13.0. The fraction of sp³-hybridized carbons (Fsp3) is 1.00. The number of aliphatic hydroxyl groups excluding tert-OH is 1. The van der Waals surface area contributed by atoms with E-state index in [-0.39, 0.29) is 11.9 Å². The Hall–Kier alpha value is -0.200. The summed E-state index contributed by atoms with van der Waals surface area (Å²) in [5, 5.41) is 9.88. The van der Waals surface area contributed by atoms with Gasteiger partial charge in [0.15, 0.2) is 5.79 Å². The van der Waals surface area contributed by atoms with Crippen molar-refractivity contribution in [3.63, 3.8) is 0 Å². The van der Waals surface area contributed by atoms with Crippen molar-refractivity contribution >= 4 is 0 Å². The number of aliphatic hydroxyl groups is 1. The van der Waals surface area contributed by atoms with Crippen LogP contribution in [0.15, 0.2) is 0 Å². The Morgan fingerprint density at radius 2 is 1.83 bits per heavy atom. The molecule has 5 heteroatoms. The van der Waals surface area contributed by atoms with Gasteiger partial charge in [0.2, 0.25) is 0 Å². The van der Waals surface area contributed by atoms with Crippen LogP contribution in [0.25, 0.3) is 0 Å². The maximum atomic E-state index is 9.88. The number of ether oxygens (including phenoxy) is 3. The van der Waals surface area contributed by atoms with E-state index in [1.165, 1.54) is 0 Å². The van der Waals surface area contributed by atoms with Crippen LogP contribution in [-0.2, 0) is 14.2 Å². The largest absolute Gasteiger partial charge is 0.389 e. The minimum atomic E-state index is -0.410. The Morgan fingerprint density at radius 3 is 2.39 bits per heavy atom. The van der Waals surface area contributed by atoms with Gasteiger partial charge in [-0.1, -0.05) is 0 Å². The van der Waals surface area contributed by atoms with E-state index in [1.807, 2.05) is 13.8 Å². The lowest BCUT2D eigenvalue weighted by Gasteiger charge is -2.38. The first kappa shape index (κ1) is 14.2. The van der Waals surface area contributed by atoms with Gasteiger partial charge in [0.1, 0.15) is 0 Å². The lowest BCUT2D eigenvalue weighted by molar-refractivity contribution is -0.187. The van der Waals surface area contributed by atoms with Gasteiger partial charge in [0.05, 0.1) is 32.0 Å². The van der Waals surface area contributed by atoms with Crippen LogP contribution in [0.4, 0.5) is 0 Å². The highest BCUT2D eigenvalue weighted by Crippen LogP contribution is 2.31. The molecule has 2 fully saturated rings. The Balaban J connectivity index is 1.66. The monoisotopic (exact) mass is 259 g/mol. The smallest absolute Gasteiger partial charge is 0.170 e. The van der Waals surface area contributed by atoms with E-state index < -0.39 is 6.10 Å². The van der Waals surface area contributed by atoms with Crippen molar-refractivity contribution in [2.45, 2.75) is 44.7 Å². The van der Waals surface area contributed by atoms with Gasteiger partial charge < -0.3 is 24.2 Å². The number of β-amino-alcohol motifs (C(OH)–C–C–N with tert-alkyl or cyclic N) is 1. The highest BCUT2D eigenvalue weighted by atomic mass is 16.7. The van der Waals surface area contributed by atoms with E-state index in [4.69, 9.17) is 14.2 Å². The molecule has 2 heterocycles. The van der Waals surface area contributed by atoms with Gasteiger partial charge in [0, 0.05) is 32.5 Å². The van der Waals surface area contributed by atoms with Crippen LogP contribution in [0.2, 0.25) is 0 Å². The van der Waals surface area contributed by atoms with Crippen molar-refractivity contribution in [3.05, 3.63) is 0 Å². The molecular formula is C13H25NO4. The summed E-state index contributed by atoms with van der Waals surface area (Å²) in [6.45, 7) is 8.29. The van der Waals surface area contributed by atoms with Crippen LogP contribution in [0.5, 0.6) is 0 Å². The van der Waals surface area contributed by atoms with Crippen LogP contribution in [0.3, 0.4) is 0 Å². The SMILES string of the molecule is CC(C)OCC(O)CN1CCC2(CC1)OCCO2.